The van der Waals surface area contributed by atoms with Gasteiger partial charge in [-0.25, -0.2) is 9.59 Å². The molecule has 0 aromatic heterocycles. The van der Waals surface area contributed by atoms with Crippen LogP contribution >= 0.6 is 21.6 Å². The van der Waals surface area contributed by atoms with Gasteiger partial charge in [-0.15, -0.1) is 0 Å². The summed E-state index contributed by atoms with van der Waals surface area (Å²) in [4.78, 5) is 68.2. The number of hydrogen-bond donors (Lipinski definition) is 7. The number of rotatable bonds is 15. The van der Waals surface area contributed by atoms with E-state index in [0.717, 1.165) is 10.8 Å². The van der Waals surface area contributed by atoms with Crippen molar-refractivity contribution in [3.63, 3.8) is 0 Å². The SMILES string of the molecule is CC(N)C(=O)NC(CC(=O)O)C(=O)NCC(=O)NC(CSSCCOC(N)=O)C(=O)O. The van der Waals surface area contributed by atoms with Crippen LogP contribution in [0.1, 0.15) is 13.3 Å². The van der Waals surface area contributed by atoms with E-state index < -0.39 is 66.8 Å². The Morgan fingerprint density at radius 1 is 1.00 bits per heavy atom. The van der Waals surface area contributed by atoms with Crippen LogP contribution in [0.3, 0.4) is 0 Å². The van der Waals surface area contributed by atoms with Crippen LogP contribution in [0.5, 0.6) is 0 Å². The second kappa shape index (κ2) is 15.1. The molecule has 16 heteroatoms. The summed E-state index contributed by atoms with van der Waals surface area (Å²) in [5, 5.41) is 24.5. The van der Waals surface area contributed by atoms with Crippen molar-refractivity contribution >= 4 is 57.3 Å². The first-order valence-corrected chi connectivity index (χ1v) is 11.2. The maximum absolute atomic E-state index is 12.1. The van der Waals surface area contributed by atoms with Gasteiger partial charge >= 0.3 is 18.0 Å². The highest BCUT2D eigenvalue weighted by molar-refractivity contribution is 8.76. The number of carboxylic acid groups (broad SMARTS) is 2. The number of carbonyl (C=O) groups is 6. The van der Waals surface area contributed by atoms with Gasteiger partial charge in [-0.05, 0) is 6.92 Å². The fraction of sp³-hybridized carbons (Fsp3) is 0.600. The van der Waals surface area contributed by atoms with E-state index in [4.69, 9.17) is 16.6 Å². The third kappa shape index (κ3) is 14.0. The highest BCUT2D eigenvalue weighted by Gasteiger charge is 2.26. The van der Waals surface area contributed by atoms with Gasteiger partial charge in [-0.2, -0.15) is 0 Å². The standard InChI is InChI=1S/C15H25N5O9S2/c1-7(16)12(24)20-8(4-11(22)23)13(25)18-5-10(21)19-9(14(26)27)6-31-30-3-2-29-15(17)28/h7-9H,2-6,16H2,1H3,(H2,17,28)(H,18,25)(H,19,21)(H,20,24)(H,22,23)(H,26,27). The van der Waals surface area contributed by atoms with Crippen LogP contribution in [0.2, 0.25) is 0 Å². The molecule has 3 unspecified atom stereocenters. The van der Waals surface area contributed by atoms with Gasteiger partial charge in [0.05, 0.1) is 19.0 Å². The lowest BCUT2D eigenvalue weighted by atomic mass is 10.1. The predicted octanol–water partition coefficient (Wildman–Crippen LogP) is -2.54. The molecule has 0 saturated carbocycles. The molecule has 0 aromatic carbocycles. The molecular weight excluding hydrogens is 458 g/mol. The first kappa shape index (κ1) is 28.3. The molecule has 0 aliphatic carbocycles. The van der Waals surface area contributed by atoms with Crippen molar-refractivity contribution in [1.82, 2.24) is 16.0 Å². The van der Waals surface area contributed by atoms with Gasteiger partial charge in [0.1, 0.15) is 18.7 Å². The number of ether oxygens (including phenoxy) is 1. The minimum absolute atomic E-state index is 0.0255. The molecule has 0 bridgehead atoms. The Balaban J connectivity index is 4.54. The highest BCUT2D eigenvalue weighted by Crippen LogP contribution is 2.21. The zero-order valence-electron chi connectivity index (χ0n) is 16.5. The zero-order chi connectivity index (χ0) is 24.0. The first-order valence-electron chi connectivity index (χ1n) is 8.68. The van der Waals surface area contributed by atoms with Crippen molar-refractivity contribution < 1.29 is 43.7 Å². The van der Waals surface area contributed by atoms with Crippen LogP contribution in [-0.4, -0.2) is 88.7 Å². The third-order valence-corrected chi connectivity index (χ3v) is 5.59. The molecule has 0 aromatic rings. The number of primary amides is 1. The zero-order valence-corrected chi connectivity index (χ0v) is 18.1. The number of hydrogen-bond acceptors (Lipinski definition) is 10. The summed E-state index contributed by atoms with van der Waals surface area (Å²) in [6.07, 6.45) is -1.66. The van der Waals surface area contributed by atoms with E-state index in [1.807, 2.05) is 0 Å². The van der Waals surface area contributed by atoms with Crippen LogP contribution < -0.4 is 27.4 Å². The van der Waals surface area contributed by atoms with E-state index in [1.54, 1.807) is 0 Å². The number of nitrogens with two attached hydrogens (primary N) is 2. The average Bonchev–Trinajstić information content (AvgIpc) is 2.66. The monoisotopic (exact) mass is 483 g/mol. The number of carbonyl (C=O) groups excluding carboxylic acids is 4. The summed E-state index contributed by atoms with van der Waals surface area (Å²) in [6, 6.07) is -3.72. The van der Waals surface area contributed by atoms with Gasteiger partial charge in [-0.1, -0.05) is 21.6 Å². The summed E-state index contributed by atoms with van der Waals surface area (Å²) < 4.78 is 4.50. The van der Waals surface area contributed by atoms with Gasteiger partial charge in [0.25, 0.3) is 0 Å². The number of amides is 4. The van der Waals surface area contributed by atoms with Crippen LogP contribution in [-0.2, 0) is 28.7 Å². The molecule has 3 atom stereocenters. The van der Waals surface area contributed by atoms with E-state index in [2.05, 4.69) is 20.7 Å². The molecule has 0 fully saturated rings. The molecule has 176 valence electrons. The Morgan fingerprint density at radius 3 is 2.16 bits per heavy atom. The normalized spacial score (nSPS) is 13.2. The van der Waals surface area contributed by atoms with Gasteiger partial charge in [0.2, 0.25) is 17.7 Å². The predicted molar refractivity (Wildman–Crippen MR) is 111 cm³/mol. The van der Waals surface area contributed by atoms with Crippen LogP contribution in [0, 0.1) is 0 Å². The first-order chi connectivity index (χ1) is 14.4. The van der Waals surface area contributed by atoms with Gasteiger partial charge in [-0.3, -0.25) is 19.2 Å². The number of aliphatic carboxylic acids is 2. The summed E-state index contributed by atoms with van der Waals surface area (Å²) in [5.74, 6) is -4.89. The summed E-state index contributed by atoms with van der Waals surface area (Å²) in [7, 11) is 2.30. The largest absolute Gasteiger partial charge is 0.481 e. The fourth-order valence-corrected chi connectivity index (χ4v) is 3.73. The quantitative estimate of drug-likeness (QED) is 0.0941. The van der Waals surface area contributed by atoms with Crippen LogP contribution in [0.4, 0.5) is 4.79 Å². The van der Waals surface area contributed by atoms with Crippen molar-refractivity contribution in [2.45, 2.75) is 31.5 Å². The van der Waals surface area contributed by atoms with Crippen molar-refractivity contribution in [3.8, 4) is 0 Å². The van der Waals surface area contributed by atoms with Crippen molar-refractivity contribution in [3.05, 3.63) is 0 Å². The van der Waals surface area contributed by atoms with Crippen molar-refractivity contribution in [1.29, 1.82) is 0 Å². The maximum Gasteiger partial charge on any atom is 0.404 e. The molecule has 0 radical (unpaired) electrons. The molecule has 31 heavy (non-hydrogen) atoms. The maximum atomic E-state index is 12.1. The minimum atomic E-state index is -1.46. The van der Waals surface area contributed by atoms with Gasteiger partial charge in [0, 0.05) is 11.5 Å². The number of nitrogens with one attached hydrogen (secondary N) is 3. The van der Waals surface area contributed by atoms with E-state index in [1.165, 1.54) is 17.7 Å². The Labute approximate surface area is 184 Å². The van der Waals surface area contributed by atoms with E-state index >= 15 is 0 Å². The Hall–Kier alpha value is -2.72. The summed E-state index contributed by atoms with van der Waals surface area (Å²) in [5.41, 5.74) is 10.1. The molecule has 4 amide bonds. The molecule has 0 spiro atoms. The molecule has 9 N–H and O–H groups in total. The fourth-order valence-electron chi connectivity index (χ4n) is 1.75. The Bertz CT molecular complexity index is 677. The van der Waals surface area contributed by atoms with Crippen molar-refractivity contribution in [2.24, 2.45) is 11.5 Å². The van der Waals surface area contributed by atoms with E-state index in [0.29, 0.717) is 5.75 Å². The topological polar surface area (TPSA) is 240 Å². The lowest BCUT2D eigenvalue weighted by Crippen LogP contribution is -2.53. The van der Waals surface area contributed by atoms with E-state index in [9.17, 15) is 33.9 Å². The Morgan fingerprint density at radius 2 is 1.65 bits per heavy atom. The minimum Gasteiger partial charge on any atom is -0.481 e. The van der Waals surface area contributed by atoms with Gasteiger partial charge < -0.3 is 42.4 Å². The molecule has 0 aliphatic heterocycles. The summed E-state index contributed by atoms with van der Waals surface area (Å²) in [6.45, 7) is 0.739. The van der Waals surface area contributed by atoms with Crippen LogP contribution in [0.15, 0.2) is 0 Å². The lowest BCUT2D eigenvalue weighted by molar-refractivity contribution is -0.142. The smallest absolute Gasteiger partial charge is 0.404 e. The molecule has 0 rings (SSSR count). The molecule has 0 aliphatic rings. The summed E-state index contributed by atoms with van der Waals surface area (Å²) >= 11 is 0. The lowest BCUT2D eigenvalue weighted by Gasteiger charge is -2.18. The molecule has 0 saturated heterocycles. The van der Waals surface area contributed by atoms with E-state index in [-0.39, 0.29) is 12.4 Å². The highest BCUT2D eigenvalue weighted by atomic mass is 33.1. The van der Waals surface area contributed by atoms with Crippen molar-refractivity contribution in [2.75, 3.05) is 24.7 Å². The average molecular weight is 484 g/mol. The molecular formula is C15H25N5O9S2. The second-order valence-electron chi connectivity index (χ2n) is 5.90. The van der Waals surface area contributed by atoms with Gasteiger partial charge in [0.15, 0.2) is 0 Å². The molecule has 0 heterocycles. The molecule has 14 nitrogen and oxygen atoms in total. The number of carboxylic acids is 2. The van der Waals surface area contributed by atoms with Crippen LogP contribution in [0.25, 0.3) is 0 Å². The second-order valence-corrected chi connectivity index (χ2v) is 8.53. The third-order valence-electron chi connectivity index (χ3n) is 3.21. The Kier molecular flexibility index (Phi) is 13.8.